The van der Waals surface area contributed by atoms with E-state index in [2.05, 4.69) is 5.32 Å². The minimum Gasteiger partial charge on any atom is -0.483 e. The van der Waals surface area contributed by atoms with Crippen LogP contribution in [-0.4, -0.2) is 35.9 Å². The number of ether oxygens (including phenoxy) is 1. The van der Waals surface area contributed by atoms with Gasteiger partial charge in [-0.15, -0.1) is 0 Å². The quantitative estimate of drug-likeness (QED) is 0.265. The van der Waals surface area contributed by atoms with Crippen molar-refractivity contribution in [2.24, 2.45) is 0 Å². The molecule has 0 aliphatic heterocycles. The highest BCUT2D eigenvalue weighted by Crippen LogP contribution is 2.25. The Balaban J connectivity index is 1.62. The Morgan fingerprint density at radius 2 is 1.57 bits per heavy atom. The predicted molar refractivity (Wildman–Crippen MR) is 149 cm³/mol. The van der Waals surface area contributed by atoms with Gasteiger partial charge >= 0.3 is 0 Å². The number of nitrogens with one attached hydrogen (secondary N) is 1. The normalized spacial score (nSPS) is 11.6. The summed E-state index contributed by atoms with van der Waals surface area (Å²) in [7, 11) is 0. The Hall–Kier alpha value is -3.83. The minimum atomic E-state index is -0.701. The maximum Gasteiger partial charge on any atom is 0.261 e. The molecule has 4 aromatic carbocycles. The Morgan fingerprint density at radius 3 is 2.32 bits per heavy atom. The smallest absolute Gasteiger partial charge is 0.261 e. The van der Waals surface area contributed by atoms with Crippen molar-refractivity contribution in [3.63, 3.8) is 0 Å². The van der Waals surface area contributed by atoms with Crippen LogP contribution in [0.2, 0.25) is 5.02 Å². The maximum absolute atomic E-state index is 13.7. The first-order valence-corrected chi connectivity index (χ1v) is 12.9. The van der Waals surface area contributed by atoms with Crippen LogP contribution >= 0.6 is 11.6 Å². The van der Waals surface area contributed by atoms with Crippen molar-refractivity contribution in [3.8, 4) is 5.75 Å². The molecule has 0 aliphatic rings. The van der Waals surface area contributed by atoms with Gasteiger partial charge in [-0.25, -0.2) is 0 Å². The third-order valence-corrected chi connectivity index (χ3v) is 6.44. The molecule has 0 fully saturated rings. The molecule has 190 valence electrons. The van der Waals surface area contributed by atoms with Gasteiger partial charge in [0.25, 0.3) is 5.91 Å². The van der Waals surface area contributed by atoms with Crippen LogP contribution in [0.15, 0.2) is 97.1 Å². The largest absolute Gasteiger partial charge is 0.483 e. The van der Waals surface area contributed by atoms with Gasteiger partial charge in [0.05, 0.1) is 0 Å². The van der Waals surface area contributed by atoms with Gasteiger partial charge in [-0.2, -0.15) is 0 Å². The zero-order valence-corrected chi connectivity index (χ0v) is 21.7. The fraction of sp³-hybridized carbons (Fsp3) is 0.226. The number of rotatable bonds is 11. The Bertz CT molecular complexity index is 1320. The monoisotopic (exact) mass is 514 g/mol. The molecule has 37 heavy (non-hydrogen) atoms. The SMILES string of the molecule is CCCNC(=O)C(Cc1ccccc1)N(Cc1ccc(Cl)cc1)C(=O)COc1cccc2ccccc12. The molecule has 1 N–H and O–H groups in total. The van der Waals surface area contributed by atoms with E-state index in [0.717, 1.165) is 28.3 Å². The summed E-state index contributed by atoms with van der Waals surface area (Å²) in [6.07, 6.45) is 1.20. The van der Waals surface area contributed by atoms with Gasteiger partial charge in [0, 0.05) is 29.9 Å². The van der Waals surface area contributed by atoms with Crippen molar-refractivity contribution >= 4 is 34.2 Å². The molecule has 5 nitrogen and oxygen atoms in total. The number of benzene rings is 4. The van der Waals surface area contributed by atoms with Crippen molar-refractivity contribution in [3.05, 3.63) is 113 Å². The van der Waals surface area contributed by atoms with E-state index in [1.54, 1.807) is 17.0 Å². The number of carbonyl (C=O) groups excluding carboxylic acids is 2. The number of amides is 2. The third kappa shape index (κ3) is 7.11. The third-order valence-electron chi connectivity index (χ3n) is 6.19. The standard InChI is InChI=1S/C31H31ClN2O3/c1-2-19-33-31(36)28(20-23-9-4-3-5-10-23)34(21-24-15-17-26(32)18-16-24)30(35)22-37-29-14-8-12-25-11-6-7-13-27(25)29/h3-18,28H,2,19-22H2,1H3,(H,33,36). The number of halogens is 1. The van der Waals surface area contributed by atoms with E-state index in [1.165, 1.54) is 0 Å². The van der Waals surface area contributed by atoms with Gasteiger partial charge in [0.15, 0.2) is 6.61 Å². The van der Waals surface area contributed by atoms with Crippen LogP contribution < -0.4 is 10.1 Å². The number of hydrogen-bond acceptors (Lipinski definition) is 3. The molecule has 1 atom stereocenters. The van der Waals surface area contributed by atoms with E-state index in [1.807, 2.05) is 91.9 Å². The highest BCUT2D eigenvalue weighted by atomic mass is 35.5. The van der Waals surface area contributed by atoms with Crippen molar-refractivity contribution in [2.75, 3.05) is 13.2 Å². The minimum absolute atomic E-state index is 0.182. The average Bonchev–Trinajstić information content (AvgIpc) is 2.93. The molecule has 0 saturated carbocycles. The van der Waals surface area contributed by atoms with Gasteiger partial charge in [-0.1, -0.05) is 97.4 Å². The van der Waals surface area contributed by atoms with Crippen molar-refractivity contribution in [1.82, 2.24) is 10.2 Å². The van der Waals surface area contributed by atoms with Crippen molar-refractivity contribution in [2.45, 2.75) is 32.4 Å². The molecule has 0 saturated heterocycles. The highest BCUT2D eigenvalue weighted by Gasteiger charge is 2.30. The molecule has 2 amide bonds. The first kappa shape index (κ1) is 26.2. The van der Waals surface area contributed by atoms with Gasteiger partial charge < -0.3 is 15.0 Å². The Morgan fingerprint density at radius 1 is 0.865 bits per heavy atom. The van der Waals surface area contributed by atoms with E-state index >= 15 is 0 Å². The molecule has 0 radical (unpaired) electrons. The van der Waals surface area contributed by atoms with Crippen molar-refractivity contribution < 1.29 is 14.3 Å². The van der Waals surface area contributed by atoms with Crippen LogP contribution in [0.1, 0.15) is 24.5 Å². The fourth-order valence-corrected chi connectivity index (χ4v) is 4.38. The summed E-state index contributed by atoms with van der Waals surface area (Å²) < 4.78 is 6.04. The average molecular weight is 515 g/mol. The topological polar surface area (TPSA) is 58.6 Å². The van der Waals surface area contributed by atoms with E-state index in [0.29, 0.717) is 23.7 Å². The number of carbonyl (C=O) groups is 2. The molecule has 0 aromatic heterocycles. The van der Waals surface area contributed by atoms with E-state index in [-0.39, 0.29) is 25.0 Å². The van der Waals surface area contributed by atoms with Gasteiger partial charge in [-0.05, 0) is 41.1 Å². The highest BCUT2D eigenvalue weighted by molar-refractivity contribution is 6.30. The molecule has 4 aromatic rings. The van der Waals surface area contributed by atoms with E-state index in [4.69, 9.17) is 16.3 Å². The second-order valence-electron chi connectivity index (χ2n) is 8.91. The zero-order chi connectivity index (χ0) is 26.0. The van der Waals surface area contributed by atoms with Crippen LogP contribution in [0.5, 0.6) is 5.75 Å². The summed E-state index contributed by atoms with van der Waals surface area (Å²) in [5.74, 6) is 0.182. The van der Waals surface area contributed by atoms with E-state index < -0.39 is 6.04 Å². The lowest BCUT2D eigenvalue weighted by molar-refractivity contribution is -0.142. The second kappa shape index (κ2) is 12.9. The predicted octanol–water partition coefficient (Wildman–Crippen LogP) is 6.04. The van der Waals surface area contributed by atoms with Crippen LogP contribution in [0.25, 0.3) is 10.8 Å². The molecule has 0 aliphatic carbocycles. The summed E-state index contributed by atoms with van der Waals surface area (Å²) >= 11 is 6.09. The Labute approximate surface area is 223 Å². The van der Waals surface area contributed by atoms with Gasteiger partial charge in [0.1, 0.15) is 11.8 Å². The van der Waals surface area contributed by atoms with E-state index in [9.17, 15) is 9.59 Å². The summed E-state index contributed by atoms with van der Waals surface area (Å²) in [6.45, 7) is 2.61. The van der Waals surface area contributed by atoms with Crippen LogP contribution in [0.4, 0.5) is 0 Å². The van der Waals surface area contributed by atoms with Crippen LogP contribution in [-0.2, 0) is 22.6 Å². The molecule has 0 heterocycles. The molecule has 4 rings (SSSR count). The first-order valence-electron chi connectivity index (χ1n) is 12.5. The second-order valence-corrected chi connectivity index (χ2v) is 9.35. The summed E-state index contributed by atoms with van der Waals surface area (Å²) in [5.41, 5.74) is 1.85. The molecular formula is C31H31ClN2O3. The number of hydrogen-bond donors (Lipinski definition) is 1. The lowest BCUT2D eigenvalue weighted by atomic mass is 10.0. The molecule has 1 unspecified atom stereocenters. The lowest BCUT2D eigenvalue weighted by Gasteiger charge is -2.31. The molecule has 6 heteroatoms. The summed E-state index contributed by atoms with van der Waals surface area (Å²) in [4.78, 5) is 28.7. The number of fused-ring (bicyclic) bond motifs is 1. The molecule has 0 spiro atoms. The Kier molecular flexibility index (Phi) is 9.17. The maximum atomic E-state index is 13.7. The van der Waals surface area contributed by atoms with Gasteiger partial charge in [-0.3, -0.25) is 9.59 Å². The summed E-state index contributed by atoms with van der Waals surface area (Å²) in [6, 6.07) is 30.0. The van der Waals surface area contributed by atoms with Gasteiger partial charge in [0.2, 0.25) is 5.91 Å². The number of nitrogens with zero attached hydrogens (tertiary/aromatic N) is 1. The van der Waals surface area contributed by atoms with Crippen LogP contribution in [0.3, 0.4) is 0 Å². The molecule has 0 bridgehead atoms. The zero-order valence-electron chi connectivity index (χ0n) is 20.9. The molecular weight excluding hydrogens is 484 g/mol. The fourth-order valence-electron chi connectivity index (χ4n) is 4.25. The first-order chi connectivity index (χ1) is 18.0. The van der Waals surface area contributed by atoms with Crippen LogP contribution in [0, 0.1) is 0 Å². The van der Waals surface area contributed by atoms with Crippen molar-refractivity contribution in [1.29, 1.82) is 0 Å². The summed E-state index contributed by atoms with van der Waals surface area (Å²) in [5, 5.41) is 5.57. The lowest BCUT2D eigenvalue weighted by Crippen LogP contribution is -2.51.